The molecule has 0 fully saturated rings. The Labute approximate surface area is 152 Å². The number of hydrogen-bond donors (Lipinski definition) is 1. The van der Waals surface area contributed by atoms with Crippen molar-refractivity contribution in [2.45, 2.75) is 4.90 Å². The molecule has 136 valence electrons. The van der Waals surface area contributed by atoms with Gasteiger partial charge in [0.15, 0.2) is 11.5 Å². The van der Waals surface area contributed by atoms with Gasteiger partial charge >= 0.3 is 5.91 Å². The molecule has 0 aliphatic rings. The van der Waals surface area contributed by atoms with Gasteiger partial charge < -0.3 is 18.6 Å². The lowest BCUT2D eigenvalue weighted by atomic mass is 10.2. The number of para-hydroxylation sites is 1. The van der Waals surface area contributed by atoms with Crippen molar-refractivity contribution >= 4 is 33.9 Å². The van der Waals surface area contributed by atoms with Crippen molar-refractivity contribution in [3.63, 3.8) is 0 Å². The Morgan fingerprint density at radius 3 is 2.69 bits per heavy atom. The normalized spacial score (nSPS) is 12.0. The molecule has 3 aromatic rings. The van der Waals surface area contributed by atoms with Crippen LogP contribution in [0, 0.1) is 5.82 Å². The summed E-state index contributed by atoms with van der Waals surface area (Å²) in [5.74, 6) is -0.952. The Kier molecular flexibility index (Phi) is 5.06. The lowest BCUT2D eigenvalue weighted by Gasteiger charge is -2.12. The number of nitrogens with one attached hydrogen (secondary N) is 1. The standard InChI is InChI=1S/C18H17FN2O4S/c1-21(2)11-8-13(19)12-10-16(25-15(12)9-11)18(22)20-26(23)17-7-5-4-6-14(17)24-3/h4-10H,1-3H3,(H,20,22). The minimum Gasteiger partial charge on any atom is -0.588 e. The third kappa shape index (κ3) is 3.47. The zero-order chi connectivity index (χ0) is 18.8. The van der Waals surface area contributed by atoms with Crippen molar-refractivity contribution in [1.82, 2.24) is 4.72 Å². The molecule has 3 rings (SSSR count). The van der Waals surface area contributed by atoms with Gasteiger partial charge in [-0.1, -0.05) is 12.1 Å². The van der Waals surface area contributed by atoms with Crippen LogP contribution in [-0.4, -0.2) is 31.7 Å². The highest BCUT2D eigenvalue weighted by Crippen LogP contribution is 2.28. The molecule has 1 unspecified atom stereocenters. The first-order valence-corrected chi connectivity index (χ1v) is 8.82. The van der Waals surface area contributed by atoms with E-state index >= 15 is 0 Å². The number of anilines is 1. The van der Waals surface area contributed by atoms with Gasteiger partial charge in [-0.2, -0.15) is 4.72 Å². The smallest absolute Gasteiger partial charge is 0.328 e. The highest BCUT2D eigenvalue weighted by molar-refractivity contribution is 7.90. The predicted molar refractivity (Wildman–Crippen MR) is 97.4 cm³/mol. The molecule has 1 aromatic heterocycles. The van der Waals surface area contributed by atoms with Gasteiger partial charge in [-0.25, -0.2) is 4.39 Å². The van der Waals surface area contributed by atoms with Crippen molar-refractivity contribution in [1.29, 1.82) is 0 Å². The van der Waals surface area contributed by atoms with E-state index in [1.165, 1.54) is 19.2 Å². The molecule has 0 saturated carbocycles. The van der Waals surface area contributed by atoms with Gasteiger partial charge in [0.05, 0.1) is 12.5 Å². The maximum atomic E-state index is 14.2. The zero-order valence-electron chi connectivity index (χ0n) is 14.4. The van der Waals surface area contributed by atoms with Gasteiger partial charge in [-0.15, -0.1) is 0 Å². The highest BCUT2D eigenvalue weighted by atomic mass is 32.2. The first kappa shape index (κ1) is 18.1. The largest absolute Gasteiger partial charge is 0.588 e. The third-order valence-electron chi connectivity index (χ3n) is 3.77. The summed E-state index contributed by atoms with van der Waals surface area (Å²) in [7, 11) is 4.99. The van der Waals surface area contributed by atoms with Crippen LogP contribution in [0.4, 0.5) is 10.1 Å². The number of carbonyl (C=O) groups is 1. The van der Waals surface area contributed by atoms with Crippen LogP contribution in [0.2, 0.25) is 0 Å². The summed E-state index contributed by atoms with van der Waals surface area (Å²) in [5.41, 5.74) is 0.843. The molecular formula is C18H17FN2O4S. The van der Waals surface area contributed by atoms with Crippen LogP contribution < -0.4 is 14.4 Å². The zero-order valence-corrected chi connectivity index (χ0v) is 15.2. The van der Waals surface area contributed by atoms with E-state index in [2.05, 4.69) is 4.72 Å². The molecule has 0 spiro atoms. The van der Waals surface area contributed by atoms with E-state index < -0.39 is 23.1 Å². The van der Waals surface area contributed by atoms with Gasteiger partial charge in [0.25, 0.3) is 0 Å². The van der Waals surface area contributed by atoms with E-state index in [4.69, 9.17) is 9.15 Å². The topological polar surface area (TPSA) is 77.8 Å². The molecule has 2 aromatic carbocycles. The Bertz CT molecular complexity index is 958. The van der Waals surface area contributed by atoms with Crippen molar-refractivity contribution in [2.24, 2.45) is 0 Å². The number of amides is 1. The van der Waals surface area contributed by atoms with E-state index in [9.17, 15) is 13.7 Å². The predicted octanol–water partition coefficient (Wildman–Crippen LogP) is 3.10. The van der Waals surface area contributed by atoms with Gasteiger partial charge in [0.2, 0.25) is 4.90 Å². The summed E-state index contributed by atoms with van der Waals surface area (Å²) in [6, 6.07) is 10.9. The minimum atomic E-state index is -1.85. The van der Waals surface area contributed by atoms with Crippen LogP contribution in [0.3, 0.4) is 0 Å². The molecule has 6 nitrogen and oxygen atoms in total. The number of halogens is 1. The van der Waals surface area contributed by atoms with Gasteiger partial charge in [0.1, 0.15) is 22.8 Å². The van der Waals surface area contributed by atoms with E-state index in [0.717, 1.165) is 0 Å². The lowest BCUT2D eigenvalue weighted by Crippen LogP contribution is -2.30. The van der Waals surface area contributed by atoms with Crippen LogP contribution in [0.5, 0.6) is 5.75 Å². The molecule has 0 saturated heterocycles. The number of nitrogens with zero attached hydrogens (tertiary/aromatic N) is 1. The molecular weight excluding hydrogens is 359 g/mol. The average molecular weight is 376 g/mol. The number of carbonyl (C=O) groups excluding carboxylic acids is 1. The summed E-state index contributed by atoms with van der Waals surface area (Å²) < 4.78 is 39.5. The SMILES string of the molecule is COc1ccccc1[S+]([O-])NC(=O)c1cc2c(F)cc(N(C)C)cc2o1. The van der Waals surface area contributed by atoms with Crippen molar-refractivity contribution in [3.8, 4) is 5.75 Å². The van der Waals surface area contributed by atoms with E-state index in [1.807, 2.05) is 0 Å². The highest BCUT2D eigenvalue weighted by Gasteiger charge is 2.24. The Morgan fingerprint density at radius 2 is 2.00 bits per heavy atom. The Hall–Kier alpha value is -2.71. The maximum absolute atomic E-state index is 14.2. The molecule has 0 bridgehead atoms. The summed E-state index contributed by atoms with van der Waals surface area (Å²) in [6.07, 6.45) is 0. The fraction of sp³-hybridized carbons (Fsp3) is 0.167. The monoisotopic (exact) mass is 376 g/mol. The maximum Gasteiger partial charge on any atom is 0.328 e. The molecule has 0 radical (unpaired) electrons. The van der Waals surface area contributed by atoms with Gasteiger partial charge in [-0.3, -0.25) is 4.79 Å². The number of furan rings is 1. The van der Waals surface area contributed by atoms with Crippen LogP contribution in [0.1, 0.15) is 10.6 Å². The van der Waals surface area contributed by atoms with Crippen LogP contribution in [0.25, 0.3) is 11.0 Å². The fourth-order valence-corrected chi connectivity index (χ4v) is 3.33. The summed E-state index contributed by atoms with van der Waals surface area (Å²) in [5, 5.41) is 0.184. The van der Waals surface area contributed by atoms with E-state index in [1.54, 1.807) is 49.3 Å². The molecule has 1 heterocycles. The number of benzene rings is 2. The molecule has 1 amide bonds. The minimum absolute atomic E-state index is 0.127. The summed E-state index contributed by atoms with van der Waals surface area (Å²) >= 11 is -1.85. The molecule has 0 aliphatic carbocycles. The third-order valence-corrected chi connectivity index (χ3v) is 4.87. The number of ether oxygens (including phenoxy) is 1. The van der Waals surface area contributed by atoms with Gasteiger partial charge in [-0.05, 0) is 18.2 Å². The Balaban J connectivity index is 1.87. The first-order valence-electron chi connectivity index (χ1n) is 7.67. The molecule has 0 aliphatic heterocycles. The number of hydrogen-bond acceptors (Lipinski definition) is 5. The summed E-state index contributed by atoms with van der Waals surface area (Å²) in [4.78, 5) is 14.4. The summed E-state index contributed by atoms with van der Waals surface area (Å²) in [6.45, 7) is 0. The molecule has 26 heavy (non-hydrogen) atoms. The number of rotatable bonds is 5. The lowest BCUT2D eigenvalue weighted by molar-refractivity contribution is 0.0956. The second-order valence-corrected chi connectivity index (χ2v) is 6.88. The van der Waals surface area contributed by atoms with Crippen LogP contribution >= 0.6 is 0 Å². The van der Waals surface area contributed by atoms with Crippen LogP contribution in [-0.2, 0) is 11.4 Å². The van der Waals surface area contributed by atoms with E-state index in [0.29, 0.717) is 16.3 Å². The first-order chi connectivity index (χ1) is 12.4. The molecule has 1 atom stereocenters. The number of methoxy groups -OCH3 is 1. The second-order valence-electron chi connectivity index (χ2n) is 5.70. The number of fused-ring (bicyclic) bond motifs is 1. The van der Waals surface area contributed by atoms with Gasteiger partial charge in [0, 0.05) is 31.9 Å². The molecule has 8 heteroatoms. The fourth-order valence-electron chi connectivity index (χ4n) is 2.41. The van der Waals surface area contributed by atoms with Crippen molar-refractivity contribution in [2.75, 3.05) is 26.1 Å². The quantitative estimate of drug-likeness (QED) is 0.693. The second kappa shape index (κ2) is 7.27. The van der Waals surface area contributed by atoms with Crippen molar-refractivity contribution in [3.05, 3.63) is 54.0 Å². The Morgan fingerprint density at radius 1 is 1.27 bits per heavy atom. The molecule has 1 N–H and O–H groups in total. The van der Waals surface area contributed by atoms with E-state index in [-0.39, 0.29) is 16.7 Å². The van der Waals surface area contributed by atoms with Crippen molar-refractivity contribution < 1.29 is 22.9 Å². The average Bonchev–Trinajstić information content (AvgIpc) is 3.06. The van der Waals surface area contributed by atoms with Crippen LogP contribution in [0.15, 0.2) is 51.8 Å².